The van der Waals surface area contributed by atoms with Crippen LogP contribution in [0.2, 0.25) is 5.02 Å². The zero-order valence-corrected chi connectivity index (χ0v) is 17.1. The van der Waals surface area contributed by atoms with Gasteiger partial charge in [-0.1, -0.05) is 11.6 Å². The number of anilines is 2. The molecule has 4 heterocycles. The monoisotopic (exact) mass is 438 g/mol. The number of carbonyl (C=O) groups excluding carboxylic acids is 1. The number of nitriles is 1. The molecule has 1 atom stereocenters. The lowest BCUT2D eigenvalue weighted by atomic mass is 10.2. The number of ether oxygens (including phenoxy) is 1. The second-order valence-electron chi connectivity index (χ2n) is 6.27. The molecule has 13 heteroatoms. The molecule has 0 saturated carbocycles. The Bertz CT molecular complexity index is 1290. The first-order valence-corrected chi connectivity index (χ1v) is 9.29. The third kappa shape index (κ3) is 4.00. The van der Waals surface area contributed by atoms with Crippen molar-refractivity contribution in [1.82, 2.24) is 34.6 Å². The molecule has 0 bridgehead atoms. The molecule has 0 aliphatic carbocycles. The van der Waals surface area contributed by atoms with E-state index in [1.54, 1.807) is 13.0 Å². The summed E-state index contributed by atoms with van der Waals surface area (Å²) in [4.78, 5) is 22.3. The van der Waals surface area contributed by atoms with Crippen LogP contribution in [0.25, 0.3) is 11.5 Å². The highest BCUT2D eigenvalue weighted by molar-refractivity contribution is 6.32. The number of nitrogens with zero attached hydrogens (tertiary/aromatic N) is 8. The number of aromatic nitrogens is 7. The van der Waals surface area contributed by atoms with Gasteiger partial charge in [-0.2, -0.15) is 20.6 Å². The van der Waals surface area contributed by atoms with Gasteiger partial charge in [0.15, 0.2) is 17.2 Å². The van der Waals surface area contributed by atoms with Gasteiger partial charge in [-0.15, -0.1) is 4.80 Å². The number of methoxy groups -OCH3 is 1. The van der Waals surface area contributed by atoms with Crippen LogP contribution in [0.4, 0.5) is 16.2 Å². The first-order chi connectivity index (χ1) is 15.0. The van der Waals surface area contributed by atoms with Crippen LogP contribution in [-0.4, -0.2) is 47.7 Å². The fraction of sp³-hybridized carbons (Fsp3) is 0.167. The third-order valence-corrected chi connectivity index (χ3v) is 4.59. The van der Waals surface area contributed by atoms with Crippen LogP contribution in [0.1, 0.15) is 24.4 Å². The third-order valence-electron chi connectivity index (χ3n) is 4.31. The summed E-state index contributed by atoms with van der Waals surface area (Å²) in [5, 5.41) is 26.9. The first-order valence-electron chi connectivity index (χ1n) is 8.92. The van der Waals surface area contributed by atoms with Crippen LogP contribution in [0.15, 0.2) is 36.9 Å². The fourth-order valence-corrected chi connectivity index (χ4v) is 3.10. The quantitative estimate of drug-likeness (QED) is 0.483. The Balaban J connectivity index is 1.58. The van der Waals surface area contributed by atoms with Crippen molar-refractivity contribution in [2.75, 3.05) is 17.7 Å². The molecule has 0 saturated heterocycles. The van der Waals surface area contributed by atoms with Crippen LogP contribution in [-0.2, 0) is 4.74 Å². The highest BCUT2D eigenvalue weighted by Crippen LogP contribution is 2.26. The van der Waals surface area contributed by atoms with E-state index in [1.807, 2.05) is 6.07 Å². The number of pyridine rings is 1. The van der Waals surface area contributed by atoms with E-state index in [-0.39, 0.29) is 10.7 Å². The molecule has 4 aromatic heterocycles. The minimum Gasteiger partial charge on any atom is -0.375 e. The van der Waals surface area contributed by atoms with Crippen LogP contribution in [0.5, 0.6) is 0 Å². The van der Waals surface area contributed by atoms with Crippen LogP contribution in [0.3, 0.4) is 0 Å². The number of rotatable bonds is 5. The van der Waals surface area contributed by atoms with Gasteiger partial charge in [0.2, 0.25) is 0 Å². The molecule has 31 heavy (non-hydrogen) atoms. The van der Waals surface area contributed by atoms with Crippen molar-refractivity contribution in [2.24, 2.45) is 0 Å². The largest absolute Gasteiger partial charge is 0.375 e. The Morgan fingerprint density at radius 1 is 1.23 bits per heavy atom. The smallest absolute Gasteiger partial charge is 0.323 e. The second kappa shape index (κ2) is 8.34. The average molecular weight is 439 g/mol. The molecule has 1 unspecified atom stereocenters. The maximum atomic E-state index is 12.6. The van der Waals surface area contributed by atoms with E-state index in [2.05, 4.69) is 35.9 Å². The number of amides is 2. The SMILES string of the molecule is COC(C)c1c(NC(=O)Nc2cnc(-n3nccn3)c(Cl)c2)cnc2cc(C#N)nn12. The molecule has 0 aromatic carbocycles. The molecular weight excluding hydrogens is 424 g/mol. The number of nitrogens with one attached hydrogen (secondary N) is 2. The van der Waals surface area contributed by atoms with Crippen molar-refractivity contribution in [3.05, 3.63) is 53.3 Å². The minimum atomic E-state index is -0.554. The maximum Gasteiger partial charge on any atom is 0.323 e. The summed E-state index contributed by atoms with van der Waals surface area (Å²) in [6.07, 6.45) is 5.46. The van der Waals surface area contributed by atoms with Gasteiger partial charge in [-0.25, -0.2) is 19.3 Å². The zero-order chi connectivity index (χ0) is 22.0. The lowest BCUT2D eigenvalue weighted by Crippen LogP contribution is -2.22. The zero-order valence-electron chi connectivity index (χ0n) is 16.3. The Hall–Kier alpha value is -4.08. The molecule has 2 N–H and O–H groups in total. The Labute approximate surface area is 180 Å². The van der Waals surface area contributed by atoms with Crippen LogP contribution < -0.4 is 10.6 Å². The molecule has 0 aliphatic rings. The van der Waals surface area contributed by atoms with E-state index in [9.17, 15) is 4.79 Å². The summed E-state index contributed by atoms with van der Waals surface area (Å²) < 4.78 is 6.87. The molecule has 2 amide bonds. The van der Waals surface area contributed by atoms with Crippen LogP contribution >= 0.6 is 11.6 Å². The summed E-state index contributed by atoms with van der Waals surface area (Å²) in [6.45, 7) is 1.79. The molecule has 156 valence electrons. The fourth-order valence-electron chi connectivity index (χ4n) is 2.86. The van der Waals surface area contributed by atoms with E-state index in [4.69, 9.17) is 21.6 Å². The highest BCUT2D eigenvalue weighted by Gasteiger charge is 2.19. The van der Waals surface area contributed by atoms with Gasteiger partial charge < -0.3 is 15.4 Å². The van der Waals surface area contributed by atoms with E-state index >= 15 is 0 Å². The topological polar surface area (TPSA) is 148 Å². The van der Waals surface area contributed by atoms with Crippen molar-refractivity contribution in [3.63, 3.8) is 0 Å². The highest BCUT2D eigenvalue weighted by atomic mass is 35.5. The molecule has 4 aromatic rings. The molecule has 12 nitrogen and oxygen atoms in total. The summed E-state index contributed by atoms with van der Waals surface area (Å²) >= 11 is 6.23. The van der Waals surface area contributed by atoms with Gasteiger partial charge >= 0.3 is 6.03 Å². The molecule has 0 radical (unpaired) electrons. The predicted molar refractivity (Wildman–Crippen MR) is 110 cm³/mol. The van der Waals surface area contributed by atoms with E-state index in [0.717, 1.165) is 0 Å². The standard InChI is InChI=1S/C18H15ClN10O2/c1-10(31-2)16-14(9-21-15-6-11(7-20)27-28(15)16)26-18(30)25-12-5-13(19)17(22-8-12)29-23-3-4-24-29/h3-6,8-10H,1-2H3,(H2,25,26,30). The molecular formula is C18H15ClN10O2. The van der Waals surface area contributed by atoms with Gasteiger partial charge in [-0.05, 0) is 13.0 Å². The summed E-state index contributed by atoms with van der Waals surface area (Å²) in [7, 11) is 1.53. The Morgan fingerprint density at radius 2 is 2.00 bits per heavy atom. The van der Waals surface area contributed by atoms with Gasteiger partial charge in [0.05, 0.1) is 53.0 Å². The Morgan fingerprint density at radius 3 is 2.68 bits per heavy atom. The van der Waals surface area contributed by atoms with E-state index in [1.165, 1.54) is 47.3 Å². The van der Waals surface area contributed by atoms with Gasteiger partial charge in [0.1, 0.15) is 6.07 Å². The molecule has 0 aliphatic heterocycles. The van der Waals surface area contributed by atoms with Gasteiger partial charge in [0, 0.05) is 13.2 Å². The molecule has 0 spiro atoms. The number of hydrogen-bond acceptors (Lipinski definition) is 8. The van der Waals surface area contributed by atoms with Crippen molar-refractivity contribution in [2.45, 2.75) is 13.0 Å². The number of halogens is 1. The average Bonchev–Trinajstić information content (AvgIpc) is 3.42. The minimum absolute atomic E-state index is 0.200. The first kappa shape index (κ1) is 20.2. The number of fused-ring (bicyclic) bond motifs is 1. The summed E-state index contributed by atoms with van der Waals surface area (Å²) in [5.41, 5.74) is 1.91. The second-order valence-corrected chi connectivity index (χ2v) is 6.68. The lowest BCUT2D eigenvalue weighted by Gasteiger charge is -2.17. The number of urea groups is 1. The van der Waals surface area contributed by atoms with Gasteiger partial charge in [0.25, 0.3) is 0 Å². The van der Waals surface area contributed by atoms with E-state index < -0.39 is 12.1 Å². The Kier molecular flexibility index (Phi) is 5.44. The van der Waals surface area contributed by atoms with E-state index in [0.29, 0.717) is 28.5 Å². The predicted octanol–water partition coefficient (Wildman–Crippen LogP) is 2.58. The molecule has 4 rings (SSSR count). The number of hydrogen-bond donors (Lipinski definition) is 2. The summed E-state index contributed by atoms with van der Waals surface area (Å²) in [5.74, 6) is 0.329. The van der Waals surface area contributed by atoms with Gasteiger partial charge in [-0.3, -0.25) is 0 Å². The maximum absolute atomic E-state index is 12.6. The van der Waals surface area contributed by atoms with Crippen molar-refractivity contribution < 1.29 is 9.53 Å². The number of carbonyl (C=O) groups is 1. The van der Waals surface area contributed by atoms with Crippen molar-refractivity contribution >= 4 is 34.7 Å². The van der Waals surface area contributed by atoms with Crippen LogP contribution in [0, 0.1) is 11.3 Å². The van der Waals surface area contributed by atoms with Crippen molar-refractivity contribution in [1.29, 1.82) is 5.26 Å². The normalized spacial score (nSPS) is 11.8. The molecule has 0 fully saturated rings. The lowest BCUT2D eigenvalue weighted by molar-refractivity contribution is 0.114. The van der Waals surface area contributed by atoms with Crippen molar-refractivity contribution in [3.8, 4) is 11.9 Å². The summed E-state index contributed by atoms with van der Waals surface area (Å²) in [6, 6.07) is 4.48.